The van der Waals surface area contributed by atoms with Crippen molar-refractivity contribution in [3.05, 3.63) is 52.8 Å². The second-order valence-corrected chi connectivity index (χ2v) is 6.23. The van der Waals surface area contributed by atoms with Crippen molar-refractivity contribution >= 4 is 17.2 Å². The van der Waals surface area contributed by atoms with Crippen molar-refractivity contribution in [3.63, 3.8) is 0 Å². The fourth-order valence-corrected chi connectivity index (χ4v) is 3.26. The lowest BCUT2D eigenvalue weighted by Crippen LogP contribution is -2.24. The molecule has 3 rings (SSSR count). The van der Waals surface area contributed by atoms with Crippen LogP contribution in [-0.4, -0.2) is 36.9 Å². The number of hydrogen-bond acceptors (Lipinski definition) is 7. The van der Waals surface area contributed by atoms with Gasteiger partial charge >= 0.3 is 0 Å². The molecule has 0 saturated carbocycles. The third-order valence-electron chi connectivity index (χ3n) is 3.75. The third kappa shape index (κ3) is 3.18. The molecule has 1 heterocycles. The van der Waals surface area contributed by atoms with Crippen molar-refractivity contribution in [2.75, 3.05) is 21.3 Å². The standard InChI is InChI=1S/C18H18N4O3S/c1-23-13-9-12(10-14(24-2)15(13)25-3)16(19)22-18(20)26-17(21-22)11-7-5-4-6-8-11/h4-10,19-20H,1-3H3. The lowest BCUT2D eigenvalue weighted by Gasteiger charge is -2.14. The van der Waals surface area contributed by atoms with Crippen LogP contribution in [0.4, 0.5) is 0 Å². The molecule has 0 spiro atoms. The molecule has 0 aliphatic carbocycles. The third-order valence-corrected chi connectivity index (χ3v) is 4.62. The van der Waals surface area contributed by atoms with Crippen molar-refractivity contribution < 1.29 is 14.2 Å². The number of methoxy groups -OCH3 is 3. The van der Waals surface area contributed by atoms with E-state index in [1.807, 2.05) is 30.3 Å². The Kier molecular flexibility index (Phi) is 5.04. The van der Waals surface area contributed by atoms with Gasteiger partial charge in [0.25, 0.3) is 0 Å². The Bertz CT molecular complexity index is 970. The molecule has 0 fully saturated rings. The van der Waals surface area contributed by atoms with Crippen LogP contribution in [0.15, 0.2) is 42.5 Å². The van der Waals surface area contributed by atoms with Gasteiger partial charge in [0.2, 0.25) is 10.6 Å². The van der Waals surface area contributed by atoms with Gasteiger partial charge in [0, 0.05) is 11.1 Å². The number of aromatic nitrogens is 2. The molecule has 2 N–H and O–H groups in total. The number of nitrogens with one attached hydrogen (secondary N) is 2. The second-order valence-electron chi connectivity index (χ2n) is 5.25. The maximum absolute atomic E-state index is 8.49. The zero-order valence-electron chi connectivity index (χ0n) is 14.6. The van der Waals surface area contributed by atoms with Crippen molar-refractivity contribution in [2.24, 2.45) is 0 Å². The Morgan fingerprint density at radius 3 is 2.15 bits per heavy atom. The fourth-order valence-electron chi connectivity index (χ4n) is 2.48. The number of nitrogens with zero attached hydrogens (tertiary/aromatic N) is 2. The zero-order chi connectivity index (χ0) is 18.7. The number of ether oxygens (including phenoxy) is 3. The van der Waals surface area contributed by atoms with Crippen LogP contribution in [0.3, 0.4) is 0 Å². The monoisotopic (exact) mass is 370 g/mol. The summed E-state index contributed by atoms with van der Waals surface area (Å²) < 4.78 is 17.3. The van der Waals surface area contributed by atoms with E-state index in [4.69, 9.17) is 25.0 Å². The highest BCUT2D eigenvalue weighted by molar-refractivity contribution is 7.12. The van der Waals surface area contributed by atoms with Gasteiger partial charge < -0.3 is 14.2 Å². The highest BCUT2D eigenvalue weighted by Gasteiger charge is 2.18. The van der Waals surface area contributed by atoms with Gasteiger partial charge in [-0.15, -0.1) is 0 Å². The van der Waals surface area contributed by atoms with Crippen molar-refractivity contribution in [2.45, 2.75) is 0 Å². The van der Waals surface area contributed by atoms with E-state index in [9.17, 15) is 0 Å². The van der Waals surface area contributed by atoms with Crippen LogP contribution in [-0.2, 0) is 0 Å². The largest absolute Gasteiger partial charge is 0.493 e. The first-order valence-electron chi connectivity index (χ1n) is 7.68. The quantitative estimate of drug-likeness (QED) is 0.533. The smallest absolute Gasteiger partial charge is 0.206 e. The minimum atomic E-state index is 0.0488. The molecule has 0 atom stereocenters. The minimum absolute atomic E-state index is 0.0488. The maximum atomic E-state index is 8.49. The molecule has 8 heteroatoms. The summed E-state index contributed by atoms with van der Waals surface area (Å²) in [6.45, 7) is 0. The van der Waals surface area contributed by atoms with Crippen LogP contribution >= 0.6 is 11.3 Å². The summed E-state index contributed by atoms with van der Waals surface area (Å²) >= 11 is 1.21. The van der Waals surface area contributed by atoms with Crippen molar-refractivity contribution in [1.82, 2.24) is 9.78 Å². The molecule has 0 unspecified atom stereocenters. The van der Waals surface area contributed by atoms with E-state index >= 15 is 0 Å². The number of rotatable bonds is 5. The van der Waals surface area contributed by atoms with Gasteiger partial charge in [-0.1, -0.05) is 41.7 Å². The number of benzene rings is 2. The summed E-state index contributed by atoms with van der Waals surface area (Å²) in [6.07, 6.45) is 0. The van der Waals surface area contributed by atoms with E-state index in [0.717, 1.165) is 5.56 Å². The van der Waals surface area contributed by atoms with E-state index in [1.165, 1.54) is 37.3 Å². The maximum Gasteiger partial charge on any atom is 0.206 e. The van der Waals surface area contributed by atoms with E-state index in [2.05, 4.69) is 5.10 Å². The molecule has 0 aliphatic rings. The lowest BCUT2D eigenvalue weighted by molar-refractivity contribution is 0.324. The van der Waals surface area contributed by atoms with Gasteiger partial charge in [-0.05, 0) is 12.1 Å². The fraction of sp³-hybridized carbons (Fsp3) is 0.167. The predicted molar refractivity (Wildman–Crippen MR) is 99.7 cm³/mol. The first kappa shape index (κ1) is 17.7. The van der Waals surface area contributed by atoms with Gasteiger partial charge in [-0.2, -0.15) is 9.78 Å². The summed E-state index contributed by atoms with van der Waals surface area (Å²) in [5, 5.41) is 21.8. The average molecular weight is 370 g/mol. The summed E-state index contributed by atoms with van der Waals surface area (Å²) in [6, 6.07) is 12.9. The highest BCUT2D eigenvalue weighted by Crippen LogP contribution is 2.38. The molecule has 0 radical (unpaired) electrons. The lowest BCUT2D eigenvalue weighted by atomic mass is 10.1. The molecule has 0 amide bonds. The van der Waals surface area contributed by atoms with Crippen molar-refractivity contribution in [3.8, 4) is 27.8 Å². The highest BCUT2D eigenvalue weighted by atomic mass is 32.1. The Hall–Kier alpha value is -3.13. The summed E-state index contributed by atoms with van der Waals surface area (Å²) in [7, 11) is 4.56. The molecule has 134 valence electrons. The van der Waals surface area contributed by atoms with Crippen LogP contribution in [0.25, 0.3) is 10.6 Å². The van der Waals surface area contributed by atoms with E-state index in [0.29, 0.717) is 27.8 Å². The van der Waals surface area contributed by atoms with Gasteiger partial charge in [-0.25, -0.2) is 0 Å². The summed E-state index contributed by atoms with van der Waals surface area (Å²) in [5.41, 5.74) is 1.41. The van der Waals surface area contributed by atoms with Gasteiger partial charge in [-0.3, -0.25) is 10.8 Å². The summed E-state index contributed by atoms with van der Waals surface area (Å²) in [5.74, 6) is 1.38. The molecular weight excluding hydrogens is 352 g/mol. The van der Waals surface area contributed by atoms with Crippen molar-refractivity contribution in [1.29, 1.82) is 10.8 Å². The Morgan fingerprint density at radius 1 is 1.00 bits per heavy atom. The minimum Gasteiger partial charge on any atom is -0.493 e. The van der Waals surface area contributed by atoms with Crippen LogP contribution in [0.2, 0.25) is 0 Å². The van der Waals surface area contributed by atoms with Gasteiger partial charge in [0.05, 0.1) is 21.3 Å². The molecular formula is C18H18N4O3S. The van der Waals surface area contributed by atoms with E-state index in [-0.39, 0.29) is 10.6 Å². The first-order chi connectivity index (χ1) is 12.6. The predicted octanol–water partition coefficient (Wildman–Crippen LogP) is 2.99. The van der Waals surface area contributed by atoms with E-state index < -0.39 is 0 Å². The molecule has 0 aliphatic heterocycles. The SMILES string of the molecule is COc1cc(C(=N)n2nc(-c3ccccc3)sc2=N)cc(OC)c1OC. The first-order valence-corrected chi connectivity index (χ1v) is 8.50. The van der Waals surface area contributed by atoms with Gasteiger partial charge in [0.1, 0.15) is 5.01 Å². The summed E-state index contributed by atoms with van der Waals surface area (Å²) in [4.78, 5) is 0.155. The Labute approximate surface area is 154 Å². The molecule has 7 nitrogen and oxygen atoms in total. The molecule has 26 heavy (non-hydrogen) atoms. The Morgan fingerprint density at radius 2 is 1.62 bits per heavy atom. The topological polar surface area (TPSA) is 93.2 Å². The van der Waals surface area contributed by atoms with Crippen LogP contribution in [0.5, 0.6) is 17.2 Å². The average Bonchev–Trinajstić information content (AvgIpc) is 3.08. The molecule has 2 aromatic carbocycles. The molecule has 0 saturated heterocycles. The normalized spacial score (nSPS) is 10.4. The second kappa shape index (κ2) is 7.40. The molecule has 1 aromatic heterocycles. The van der Waals surface area contributed by atoms with Gasteiger partial charge in [0.15, 0.2) is 17.3 Å². The molecule has 0 bridgehead atoms. The van der Waals surface area contributed by atoms with Crippen LogP contribution in [0.1, 0.15) is 5.56 Å². The van der Waals surface area contributed by atoms with Crippen LogP contribution < -0.4 is 19.0 Å². The Balaban J connectivity index is 2.05. The zero-order valence-corrected chi connectivity index (χ0v) is 15.4. The van der Waals surface area contributed by atoms with E-state index in [1.54, 1.807) is 12.1 Å². The molecule has 3 aromatic rings. The number of hydrogen-bond donors (Lipinski definition) is 2. The van der Waals surface area contributed by atoms with Crippen LogP contribution in [0, 0.1) is 10.8 Å².